The Morgan fingerprint density at radius 3 is 2.15 bits per heavy atom. The minimum absolute atomic E-state index is 0.132. The lowest BCUT2D eigenvalue weighted by atomic mass is 10.2. The molecule has 1 aromatic rings. The molecule has 72 valence electrons. The lowest BCUT2D eigenvalue weighted by Crippen LogP contribution is -2.03. The van der Waals surface area contributed by atoms with Gasteiger partial charge in [0.05, 0.1) is 10.6 Å². The van der Waals surface area contributed by atoms with E-state index >= 15 is 0 Å². The average Bonchev–Trinajstić information content (AvgIpc) is 2.18. The highest BCUT2D eigenvalue weighted by molar-refractivity contribution is 7.91. The zero-order valence-electron chi connectivity index (χ0n) is 7.33. The first kappa shape index (κ1) is 10.5. The molecule has 0 unspecified atom stereocenters. The van der Waals surface area contributed by atoms with E-state index in [2.05, 4.69) is 0 Å². The molecule has 0 heterocycles. The summed E-state index contributed by atoms with van der Waals surface area (Å²) < 4.78 is 22.7. The van der Waals surface area contributed by atoms with Crippen LogP contribution >= 0.6 is 11.6 Å². The summed E-state index contributed by atoms with van der Waals surface area (Å²) in [6.45, 7) is 1.63. The van der Waals surface area contributed by atoms with Gasteiger partial charge in [0.25, 0.3) is 0 Å². The molecular formula is C9H11ClO2S. The Morgan fingerprint density at radius 2 is 1.77 bits per heavy atom. The molecule has 0 bridgehead atoms. The third kappa shape index (κ3) is 2.45. The van der Waals surface area contributed by atoms with E-state index in [1.807, 2.05) is 0 Å². The minimum atomic E-state index is -3.07. The maximum atomic E-state index is 11.4. The molecule has 0 spiro atoms. The molecule has 0 N–H and O–H groups in total. The molecule has 0 atom stereocenters. The number of rotatable bonds is 3. The summed E-state index contributed by atoms with van der Waals surface area (Å²) in [5.74, 6) is 0.541. The second-order valence-electron chi connectivity index (χ2n) is 2.68. The second-order valence-corrected chi connectivity index (χ2v) is 5.23. The topological polar surface area (TPSA) is 34.1 Å². The van der Waals surface area contributed by atoms with E-state index in [4.69, 9.17) is 11.6 Å². The monoisotopic (exact) mass is 218 g/mol. The van der Waals surface area contributed by atoms with Crippen LogP contribution in [0.1, 0.15) is 12.5 Å². The number of alkyl halides is 1. The molecule has 0 aliphatic rings. The molecule has 4 heteroatoms. The first-order valence-corrected chi connectivity index (χ1v) is 6.16. The van der Waals surface area contributed by atoms with Gasteiger partial charge in [-0.3, -0.25) is 0 Å². The lowest BCUT2D eigenvalue weighted by Gasteiger charge is -2.01. The quantitative estimate of drug-likeness (QED) is 0.730. The number of hydrogen-bond acceptors (Lipinski definition) is 2. The van der Waals surface area contributed by atoms with Gasteiger partial charge in [0, 0.05) is 5.88 Å². The summed E-state index contributed by atoms with van der Waals surface area (Å²) in [4.78, 5) is 0.365. The number of benzene rings is 1. The van der Waals surface area contributed by atoms with Gasteiger partial charge in [-0.25, -0.2) is 8.42 Å². The fourth-order valence-corrected chi connectivity index (χ4v) is 2.01. The summed E-state index contributed by atoms with van der Waals surface area (Å²) >= 11 is 5.58. The van der Waals surface area contributed by atoms with E-state index < -0.39 is 9.84 Å². The van der Waals surface area contributed by atoms with Crippen LogP contribution in [0, 0.1) is 0 Å². The van der Waals surface area contributed by atoms with E-state index in [-0.39, 0.29) is 5.75 Å². The van der Waals surface area contributed by atoms with Crippen molar-refractivity contribution in [2.45, 2.75) is 17.7 Å². The van der Waals surface area contributed by atoms with Gasteiger partial charge in [-0.05, 0) is 17.7 Å². The molecule has 2 nitrogen and oxygen atoms in total. The van der Waals surface area contributed by atoms with Gasteiger partial charge in [-0.15, -0.1) is 11.6 Å². The van der Waals surface area contributed by atoms with E-state index in [1.165, 1.54) is 0 Å². The standard InChI is InChI=1S/C9H11ClO2S/c1-2-13(11,12)9-5-3-8(7-10)4-6-9/h3-6H,2,7H2,1H3. The smallest absolute Gasteiger partial charge is 0.178 e. The molecule has 0 saturated carbocycles. The molecule has 0 aliphatic carbocycles. The molecule has 1 aromatic carbocycles. The molecule has 0 radical (unpaired) electrons. The lowest BCUT2D eigenvalue weighted by molar-refractivity contribution is 0.597. The molecule has 0 aromatic heterocycles. The van der Waals surface area contributed by atoms with E-state index in [0.717, 1.165) is 5.56 Å². The van der Waals surface area contributed by atoms with Crippen LogP contribution in [0.4, 0.5) is 0 Å². The normalized spacial score (nSPS) is 11.5. The number of halogens is 1. The first-order valence-electron chi connectivity index (χ1n) is 3.98. The zero-order valence-corrected chi connectivity index (χ0v) is 8.90. The highest BCUT2D eigenvalue weighted by Crippen LogP contribution is 2.13. The summed E-state index contributed by atoms with van der Waals surface area (Å²) in [5, 5.41) is 0. The van der Waals surface area contributed by atoms with Crippen molar-refractivity contribution in [3.8, 4) is 0 Å². The molecule has 0 saturated heterocycles. The fourth-order valence-electron chi connectivity index (χ4n) is 0.953. The van der Waals surface area contributed by atoms with Crippen molar-refractivity contribution in [3.63, 3.8) is 0 Å². The van der Waals surface area contributed by atoms with Crippen LogP contribution in [-0.4, -0.2) is 14.2 Å². The molecule has 13 heavy (non-hydrogen) atoms. The SMILES string of the molecule is CCS(=O)(=O)c1ccc(CCl)cc1. The van der Waals surface area contributed by atoms with Crippen molar-refractivity contribution >= 4 is 21.4 Å². The van der Waals surface area contributed by atoms with Crippen molar-refractivity contribution in [1.82, 2.24) is 0 Å². The van der Waals surface area contributed by atoms with E-state index in [0.29, 0.717) is 10.8 Å². The molecule has 0 fully saturated rings. The summed E-state index contributed by atoms with van der Waals surface area (Å²) in [6, 6.07) is 6.65. The predicted molar refractivity (Wildman–Crippen MR) is 53.7 cm³/mol. The number of sulfone groups is 1. The van der Waals surface area contributed by atoms with Crippen LogP contribution in [0.2, 0.25) is 0 Å². The third-order valence-electron chi connectivity index (χ3n) is 1.82. The molecular weight excluding hydrogens is 208 g/mol. The minimum Gasteiger partial charge on any atom is -0.224 e. The Hall–Kier alpha value is -0.540. The van der Waals surface area contributed by atoms with Crippen molar-refractivity contribution in [2.75, 3.05) is 5.75 Å². The van der Waals surface area contributed by atoms with Gasteiger partial charge in [-0.2, -0.15) is 0 Å². The summed E-state index contributed by atoms with van der Waals surface area (Å²) in [7, 11) is -3.07. The highest BCUT2D eigenvalue weighted by atomic mass is 35.5. The summed E-state index contributed by atoms with van der Waals surface area (Å²) in [6.07, 6.45) is 0. The van der Waals surface area contributed by atoms with Gasteiger partial charge in [0.2, 0.25) is 0 Å². The van der Waals surface area contributed by atoms with Gasteiger partial charge in [0.1, 0.15) is 0 Å². The first-order chi connectivity index (χ1) is 6.10. The van der Waals surface area contributed by atoms with Crippen LogP contribution in [0.3, 0.4) is 0 Å². The van der Waals surface area contributed by atoms with Crippen LogP contribution in [0.15, 0.2) is 29.2 Å². The third-order valence-corrected chi connectivity index (χ3v) is 3.88. The Morgan fingerprint density at radius 1 is 1.23 bits per heavy atom. The van der Waals surface area contributed by atoms with E-state index in [1.54, 1.807) is 31.2 Å². The van der Waals surface area contributed by atoms with Gasteiger partial charge in [0.15, 0.2) is 9.84 Å². The van der Waals surface area contributed by atoms with Gasteiger partial charge in [-0.1, -0.05) is 19.1 Å². The van der Waals surface area contributed by atoms with Crippen LogP contribution in [-0.2, 0) is 15.7 Å². The highest BCUT2D eigenvalue weighted by Gasteiger charge is 2.10. The van der Waals surface area contributed by atoms with Crippen molar-refractivity contribution in [1.29, 1.82) is 0 Å². The summed E-state index contributed by atoms with van der Waals surface area (Å²) in [5.41, 5.74) is 0.928. The maximum absolute atomic E-state index is 11.4. The van der Waals surface area contributed by atoms with Gasteiger partial charge < -0.3 is 0 Å². The largest absolute Gasteiger partial charge is 0.224 e. The Labute approximate surface area is 83.5 Å². The van der Waals surface area contributed by atoms with Crippen molar-refractivity contribution in [2.24, 2.45) is 0 Å². The van der Waals surface area contributed by atoms with E-state index in [9.17, 15) is 8.42 Å². The van der Waals surface area contributed by atoms with Crippen LogP contribution in [0.5, 0.6) is 0 Å². The molecule has 1 rings (SSSR count). The Balaban J connectivity index is 3.06. The average molecular weight is 219 g/mol. The molecule has 0 aliphatic heterocycles. The van der Waals surface area contributed by atoms with Crippen molar-refractivity contribution in [3.05, 3.63) is 29.8 Å². The Kier molecular flexibility index (Phi) is 3.33. The maximum Gasteiger partial charge on any atom is 0.178 e. The van der Waals surface area contributed by atoms with Crippen molar-refractivity contribution < 1.29 is 8.42 Å². The fraction of sp³-hybridized carbons (Fsp3) is 0.333. The van der Waals surface area contributed by atoms with Crippen LogP contribution < -0.4 is 0 Å². The Bertz CT molecular complexity index is 367. The predicted octanol–water partition coefficient (Wildman–Crippen LogP) is 2.22. The zero-order chi connectivity index (χ0) is 9.90. The van der Waals surface area contributed by atoms with Gasteiger partial charge >= 0.3 is 0 Å². The van der Waals surface area contributed by atoms with Crippen LogP contribution in [0.25, 0.3) is 0 Å². The number of hydrogen-bond donors (Lipinski definition) is 0. The second kappa shape index (κ2) is 4.11. The molecule has 0 amide bonds.